The highest BCUT2D eigenvalue weighted by Crippen LogP contribution is 2.48. The third-order valence-corrected chi connectivity index (χ3v) is 4.89. The molecule has 27 heavy (non-hydrogen) atoms. The number of rotatable bonds is 3. The van der Waals surface area contributed by atoms with Crippen LogP contribution in [0, 0.1) is 0 Å². The molecule has 0 bridgehead atoms. The third kappa shape index (κ3) is 3.03. The van der Waals surface area contributed by atoms with E-state index in [1.165, 1.54) is 0 Å². The molecule has 0 saturated heterocycles. The fourth-order valence-electron chi connectivity index (χ4n) is 3.48. The van der Waals surface area contributed by atoms with Crippen LogP contribution < -0.4 is 18.9 Å². The Morgan fingerprint density at radius 1 is 1.11 bits per heavy atom. The predicted molar refractivity (Wildman–Crippen MR) is 102 cm³/mol. The van der Waals surface area contributed by atoms with Gasteiger partial charge in [-0.05, 0) is 43.7 Å². The molecule has 5 nitrogen and oxygen atoms in total. The molecule has 140 valence electrons. The summed E-state index contributed by atoms with van der Waals surface area (Å²) in [5, 5.41) is 0. The first-order valence-electron chi connectivity index (χ1n) is 8.89. The molecule has 2 aromatic rings. The molecule has 2 aromatic carbocycles. The van der Waals surface area contributed by atoms with Crippen molar-refractivity contribution < 1.29 is 23.7 Å². The first-order valence-corrected chi connectivity index (χ1v) is 8.89. The van der Waals surface area contributed by atoms with Gasteiger partial charge in [-0.1, -0.05) is 12.1 Å². The summed E-state index contributed by atoms with van der Waals surface area (Å²) in [7, 11) is 3.17. The minimum Gasteiger partial charge on any atom is -0.497 e. The second kappa shape index (κ2) is 6.34. The fraction of sp³-hybridized carbons (Fsp3) is 0.318. The zero-order chi connectivity index (χ0) is 19.2. The van der Waals surface area contributed by atoms with Gasteiger partial charge in [0.1, 0.15) is 40.3 Å². The van der Waals surface area contributed by atoms with E-state index in [4.69, 9.17) is 18.9 Å². The smallest absolute Gasteiger partial charge is 0.174 e. The first-order chi connectivity index (χ1) is 12.9. The summed E-state index contributed by atoms with van der Waals surface area (Å²) in [5.41, 5.74) is 1.75. The Labute approximate surface area is 158 Å². The lowest BCUT2D eigenvalue weighted by Gasteiger charge is -2.33. The lowest BCUT2D eigenvalue weighted by atomic mass is 9.91. The van der Waals surface area contributed by atoms with Crippen molar-refractivity contribution in [3.8, 4) is 23.0 Å². The number of ketones is 1. The van der Waals surface area contributed by atoms with Crippen molar-refractivity contribution in [3.05, 3.63) is 53.1 Å². The van der Waals surface area contributed by atoms with Crippen molar-refractivity contribution in [2.24, 2.45) is 0 Å². The second-order valence-electron chi connectivity index (χ2n) is 7.24. The van der Waals surface area contributed by atoms with Crippen LogP contribution in [0.25, 0.3) is 6.08 Å². The van der Waals surface area contributed by atoms with Crippen LogP contribution in [-0.2, 0) is 0 Å². The summed E-state index contributed by atoms with van der Waals surface area (Å²) >= 11 is 0. The van der Waals surface area contributed by atoms with Gasteiger partial charge >= 0.3 is 0 Å². The van der Waals surface area contributed by atoms with E-state index >= 15 is 0 Å². The number of Topliss-reactive ketones (excluding diaryl/α,β-unsaturated/α-hetero) is 1. The fourth-order valence-corrected chi connectivity index (χ4v) is 3.48. The summed E-state index contributed by atoms with van der Waals surface area (Å²) in [4.78, 5) is 12.9. The average Bonchev–Trinajstić information content (AvgIpc) is 2.66. The van der Waals surface area contributed by atoms with E-state index in [2.05, 4.69) is 0 Å². The van der Waals surface area contributed by atoms with Crippen molar-refractivity contribution in [1.29, 1.82) is 0 Å². The van der Waals surface area contributed by atoms with Crippen LogP contribution in [0.15, 0.2) is 36.4 Å². The van der Waals surface area contributed by atoms with Gasteiger partial charge in [-0.3, -0.25) is 4.79 Å². The van der Waals surface area contributed by atoms with E-state index < -0.39 is 5.60 Å². The highest BCUT2D eigenvalue weighted by atomic mass is 16.5. The van der Waals surface area contributed by atoms with Crippen molar-refractivity contribution in [2.75, 3.05) is 14.2 Å². The molecule has 2 heterocycles. The lowest BCUT2D eigenvalue weighted by Crippen LogP contribution is -2.29. The molecular formula is C22H22O5. The normalized spacial score (nSPS) is 19.4. The maximum Gasteiger partial charge on any atom is 0.174 e. The summed E-state index contributed by atoms with van der Waals surface area (Å²) < 4.78 is 23.0. The van der Waals surface area contributed by atoms with E-state index in [0.29, 0.717) is 22.8 Å². The van der Waals surface area contributed by atoms with Gasteiger partial charge in [0.25, 0.3) is 0 Å². The number of fused-ring (bicyclic) bond motifs is 3. The van der Waals surface area contributed by atoms with Crippen LogP contribution in [0.3, 0.4) is 0 Å². The SMILES string of the molecule is COc1ccc([C@@H]2CC(=O)c3c(OC)cc4c(c3O2)C=CC(C)(C)O4)cc1. The Hall–Kier alpha value is -2.95. The van der Waals surface area contributed by atoms with Gasteiger partial charge in [0, 0.05) is 6.07 Å². The van der Waals surface area contributed by atoms with Gasteiger partial charge in [0.15, 0.2) is 5.78 Å². The van der Waals surface area contributed by atoms with E-state index in [1.807, 2.05) is 50.3 Å². The number of methoxy groups -OCH3 is 2. The van der Waals surface area contributed by atoms with Crippen LogP contribution >= 0.6 is 0 Å². The summed E-state index contributed by atoms with van der Waals surface area (Å²) in [6.07, 6.45) is 3.81. The minimum absolute atomic E-state index is 0.00467. The highest BCUT2D eigenvalue weighted by molar-refractivity contribution is 6.04. The van der Waals surface area contributed by atoms with Gasteiger partial charge in [0.2, 0.25) is 0 Å². The molecule has 2 aliphatic heterocycles. The molecule has 0 N–H and O–H groups in total. The molecule has 0 amide bonds. The van der Waals surface area contributed by atoms with Crippen LogP contribution in [0.2, 0.25) is 0 Å². The molecule has 0 spiro atoms. The maximum atomic E-state index is 12.9. The number of hydrogen-bond donors (Lipinski definition) is 0. The van der Waals surface area contributed by atoms with Crippen molar-refractivity contribution in [1.82, 2.24) is 0 Å². The van der Waals surface area contributed by atoms with Gasteiger partial charge in [0.05, 0.1) is 26.2 Å². The van der Waals surface area contributed by atoms with Crippen molar-refractivity contribution >= 4 is 11.9 Å². The summed E-state index contributed by atoms with van der Waals surface area (Å²) in [6, 6.07) is 9.35. The number of benzene rings is 2. The van der Waals surface area contributed by atoms with E-state index in [-0.39, 0.29) is 18.3 Å². The number of hydrogen-bond acceptors (Lipinski definition) is 5. The van der Waals surface area contributed by atoms with Crippen LogP contribution in [0.1, 0.15) is 47.9 Å². The molecular weight excluding hydrogens is 344 g/mol. The Balaban J connectivity index is 1.79. The first kappa shape index (κ1) is 17.5. The zero-order valence-electron chi connectivity index (χ0n) is 15.9. The molecule has 0 saturated carbocycles. The highest BCUT2D eigenvalue weighted by Gasteiger charge is 2.36. The minimum atomic E-state index is -0.430. The van der Waals surface area contributed by atoms with E-state index in [0.717, 1.165) is 16.9 Å². The average molecular weight is 366 g/mol. The number of carbonyl (C=O) groups is 1. The molecule has 5 heteroatoms. The molecule has 0 fully saturated rings. The van der Waals surface area contributed by atoms with Crippen molar-refractivity contribution in [3.63, 3.8) is 0 Å². The maximum absolute atomic E-state index is 12.9. The lowest BCUT2D eigenvalue weighted by molar-refractivity contribution is 0.0840. The van der Waals surface area contributed by atoms with Crippen LogP contribution in [-0.4, -0.2) is 25.6 Å². The molecule has 4 rings (SSSR count). The molecule has 0 aromatic heterocycles. The molecule has 0 unspecified atom stereocenters. The van der Waals surface area contributed by atoms with E-state index in [1.54, 1.807) is 20.3 Å². The number of ether oxygens (including phenoxy) is 4. The van der Waals surface area contributed by atoms with Gasteiger partial charge in [-0.15, -0.1) is 0 Å². The van der Waals surface area contributed by atoms with E-state index in [9.17, 15) is 4.79 Å². The number of carbonyl (C=O) groups excluding carboxylic acids is 1. The quantitative estimate of drug-likeness (QED) is 0.795. The van der Waals surface area contributed by atoms with Crippen molar-refractivity contribution in [2.45, 2.75) is 32.0 Å². The largest absolute Gasteiger partial charge is 0.497 e. The predicted octanol–water partition coefficient (Wildman–Crippen LogP) is 4.59. The van der Waals surface area contributed by atoms with Crippen LogP contribution in [0.4, 0.5) is 0 Å². The molecule has 2 aliphatic rings. The summed E-state index contributed by atoms with van der Waals surface area (Å²) in [5.74, 6) is 2.41. The van der Waals surface area contributed by atoms with Gasteiger partial charge in [-0.25, -0.2) is 0 Å². The van der Waals surface area contributed by atoms with Crippen LogP contribution in [0.5, 0.6) is 23.0 Å². The monoisotopic (exact) mass is 366 g/mol. The molecule has 1 atom stereocenters. The third-order valence-electron chi connectivity index (χ3n) is 4.89. The Morgan fingerprint density at radius 3 is 2.52 bits per heavy atom. The zero-order valence-corrected chi connectivity index (χ0v) is 15.9. The molecule has 0 radical (unpaired) electrons. The standard InChI is InChI=1S/C22H22O5/c1-22(2)10-9-15-18(27-22)12-19(25-4)20-16(23)11-17(26-21(15)20)13-5-7-14(24-3)8-6-13/h5-10,12,17H,11H2,1-4H3/t17-/m0/s1. The second-order valence-corrected chi connectivity index (χ2v) is 7.24. The topological polar surface area (TPSA) is 54.0 Å². The van der Waals surface area contributed by atoms with Gasteiger partial charge in [-0.2, -0.15) is 0 Å². The summed E-state index contributed by atoms with van der Waals surface area (Å²) in [6.45, 7) is 3.95. The molecule has 0 aliphatic carbocycles. The van der Waals surface area contributed by atoms with Gasteiger partial charge < -0.3 is 18.9 Å². The Morgan fingerprint density at radius 2 is 1.85 bits per heavy atom. The Kier molecular flexibility index (Phi) is 4.10. The Bertz CT molecular complexity index is 925.